The molecule has 0 spiro atoms. The van der Waals surface area contributed by atoms with Gasteiger partial charge in [-0.15, -0.1) is 0 Å². The van der Waals surface area contributed by atoms with E-state index in [4.69, 9.17) is 0 Å². The second kappa shape index (κ2) is 7.06. The third kappa shape index (κ3) is 4.32. The Morgan fingerprint density at radius 2 is 2.16 bits per heavy atom. The standard InChI is InChI=1S/C15H20BrNO2/c16-13-6-3-4-11(8-13)9-15(19)17-14-7-2-1-5-12(14)10-18/h3-4,6,8,12,14,18H,1-2,5,7,9-10H2,(H,17,19). The lowest BCUT2D eigenvalue weighted by molar-refractivity contribution is -0.121. The van der Waals surface area contributed by atoms with E-state index in [1.807, 2.05) is 24.3 Å². The molecule has 0 heterocycles. The number of hydrogen-bond donors (Lipinski definition) is 2. The van der Waals surface area contributed by atoms with Crippen LogP contribution in [0, 0.1) is 5.92 Å². The summed E-state index contributed by atoms with van der Waals surface area (Å²) in [7, 11) is 0. The SMILES string of the molecule is O=C(Cc1cccc(Br)c1)NC1CCCCC1CO. The molecule has 19 heavy (non-hydrogen) atoms. The highest BCUT2D eigenvalue weighted by atomic mass is 79.9. The molecule has 1 aromatic rings. The van der Waals surface area contributed by atoms with Crippen LogP contribution in [0.3, 0.4) is 0 Å². The van der Waals surface area contributed by atoms with Crippen LogP contribution in [-0.2, 0) is 11.2 Å². The molecule has 2 atom stereocenters. The van der Waals surface area contributed by atoms with Gasteiger partial charge in [0.15, 0.2) is 0 Å². The van der Waals surface area contributed by atoms with E-state index < -0.39 is 0 Å². The highest BCUT2D eigenvalue weighted by molar-refractivity contribution is 9.10. The fourth-order valence-corrected chi connectivity index (χ4v) is 3.15. The first-order valence-electron chi connectivity index (χ1n) is 6.83. The number of carbonyl (C=O) groups is 1. The van der Waals surface area contributed by atoms with Gasteiger partial charge in [0.25, 0.3) is 0 Å². The number of nitrogens with one attached hydrogen (secondary N) is 1. The van der Waals surface area contributed by atoms with Crippen LogP contribution in [0.4, 0.5) is 0 Å². The normalized spacial score (nSPS) is 23.1. The van der Waals surface area contributed by atoms with Gasteiger partial charge in [-0.1, -0.05) is 40.9 Å². The molecule has 1 aliphatic carbocycles. The summed E-state index contributed by atoms with van der Waals surface area (Å²) in [5, 5.41) is 12.4. The quantitative estimate of drug-likeness (QED) is 0.894. The van der Waals surface area contributed by atoms with Gasteiger partial charge in [0.1, 0.15) is 0 Å². The Morgan fingerprint density at radius 1 is 1.37 bits per heavy atom. The van der Waals surface area contributed by atoms with Crippen molar-refractivity contribution in [1.82, 2.24) is 5.32 Å². The van der Waals surface area contributed by atoms with Gasteiger partial charge in [0.2, 0.25) is 5.91 Å². The smallest absolute Gasteiger partial charge is 0.224 e. The van der Waals surface area contributed by atoms with Crippen LogP contribution >= 0.6 is 15.9 Å². The van der Waals surface area contributed by atoms with Gasteiger partial charge in [0.05, 0.1) is 6.42 Å². The van der Waals surface area contributed by atoms with Crippen molar-refractivity contribution in [3.63, 3.8) is 0 Å². The summed E-state index contributed by atoms with van der Waals surface area (Å²) in [4.78, 5) is 12.0. The Morgan fingerprint density at radius 3 is 2.89 bits per heavy atom. The van der Waals surface area contributed by atoms with Gasteiger partial charge >= 0.3 is 0 Å². The Bertz CT molecular complexity index is 436. The number of amides is 1. The zero-order valence-electron chi connectivity index (χ0n) is 10.9. The Hall–Kier alpha value is -0.870. The maximum Gasteiger partial charge on any atom is 0.224 e. The van der Waals surface area contributed by atoms with E-state index in [-0.39, 0.29) is 24.5 Å². The van der Waals surface area contributed by atoms with Crippen molar-refractivity contribution in [2.75, 3.05) is 6.61 Å². The van der Waals surface area contributed by atoms with E-state index in [0.717, 1.165) is 35.7 Å². The van der Waals surface area contributed by atoms with Gasteiger partial charge in [-0.05, 0) is 30.5 Å². The van der Waals surface area contributed by atoms with Gasteiger partial charge in [0, 0.05) is 23.0 Å². The highest BCUT2D eigenvalue weighted by Crippen LogP contribution is 2.24. The zero-order valence-corrected chi connectivity index (χ0v) is 12.5. The van der Waals surface area contributed by atoms with Crippen molar-refractivity contribution in [1.29, 1.82) is 0 Å². The molecular formula is C15H20BrNO2. The summed E-state index contributed by atoms with van der Waals surface area (Å²) in [6.45, 7) is 0.168. The largest absolute Gasteiger partial charge is 0.396 e. The molecule has 0 radical (unpaired) electrons. The Kier molecular flexibility index (Phi) is 5.40. The van der Waals surface area contributed by atoms with Crippen molar-refractivity contribution >= 4 is 21.8 Å². The van der Waals surface area contributed by atoms with Crippen molar-refractivity contribution < 1.29 is 9.90 Å². The summed E-state index contributed by atoms with van der Waals surface area (Å²) >= 11 is 3.41. The molecule has 2 rings (SSSR count). The average molecular weight is 326 g/mol. The van der Waals surface area contributed by atoms with Crippen LogP contribution in [0.5, 0.6) is 0 Å². The molecule has 1 saturated carbocycles. The minimum absolute atomic E-state index is 0.0449. The summed E-state index contributed by atoms with van der Waals surface area (Å²) in [5.41, 5.74) is 1.00. The van der Waals surface area contributed by atoms with Crippen molar-refractivity contribution in [2.45, 2.75) is 38.1 Å². The second-order valence-electron chi connectivity index (χ2n) is 5.21. The molecule has 4 heteroatoms. The first kappa shape index (κ1) is 14.5. The maximum atomic E-state index is 12.0. The lowest BCUT2D eigenvalue weighted by Gasteiger charge is -2.30. The molecular weight excluding hydrogens is 306 g/mol. The van der Waals surface area contributed by atoms with Crippen LogP contribution < -0.4 is 5.32 Å². The maximum absolute atomic E-state index is 12.0. The molecule has 0 aliphatic heterocycles. The first-order valence-corrected chi connectivity index (χ1v) is 7.63. The molecule has 0 bridgehead atoms. The monoisotopic (exact) mass is 325 g/mol. The van der Waals surface area contributed by atoms with E-state index in [1.54, 1.807) is 0 Å². The van der Waals surface area contributed by atoms with E-state index in [1.165, 1.54) is 0 Å². The fraction of sp³-hybridized carbons (Fsp3) is 0.533. The van der Waals surface area contributed by atoms with E-state index in [0.29, 0.717) is 6.42 Å². The number of aliphatic hydroxyl groups excluding tert-OH is 1. The van der Waals surface area contributed by atoms with Gasteiger partial charge < -0.3 is 10.4 Å². The number of carbonyl (C=O) groups excluding carboxylic acids is 1. The predicted octanol–water partition coefficient (Wildman–Crippen LogP) is 2.66. The van der Waals surface area contributed by atoms with Crippen molar-refractivity contribution in [3.8, 4) is 0 Å². The van der Waals surface area contributed by atoms with Crippen LogP contribution in [0.2, 0.25) is 0 Å². The molecule has 2 N–H and O–H groups in total. The summed E-state index contributed by atoms with van der Waals surface area (Å²) in [6, 6.07) is 7.94. The van der Waals surface area contributed by atoms with E-state index in [9.17, 15) is 9.90 Å². The minimum atomic E-state index is 0.0449. The number of halogens is 1. The van der Waals surface area contributed by atoms with Crippen LogP contribution in [0.15, 0.2) is 28.7 Å². The lowest BCUT2D eigenvalue weighted by Crippen LogP contribution is -2.44. The third-order valence-corrected chi connectivity index (χ3v) is 4.24. The molecule has 3 nitrogen and oxygen atoms in total. The van der Waals surface area contributed by atoms with Gasteiger partial charge in [-0.2, -0.15) is 0 Å². The number of hydrogen-bond acceptors (Lipinski definition) is 2. The summed E-state index contributed by atoms with van der Waals surface area (Å²) in [5.74, 6) is 0.267. The second-order valence-corrected chi connectivity index (χ2v) is 6.12. The first-order chi connectivity index (χ1) is 9.19. The van der Waals surface area contributed by atoms with Crippen molar-refractivity contribution in [3.05, 3.63) is 34.3 Å². The molecule has 1 amide bonds. The molecule has 1 aromatic carbocycles. The summed E-state index contributed by atoms with van der Waals surface area (Å²) < 4.78 is 0.990. The Labute approximate surface area is 122 Å². The Balaban J connectivity index is 1.90. The molecule has 1 aliphatic rings. The van der Waals surface area contributed by atoms with E-state index >= 15 is 0 Å². The van der Waals surface area contributed by atoms with Crippen LogP contribution in [0.25, 0.3) is 0 Å². The molecule has 1 fully saturated rings. The lowest BCUT2D eigenvalue weighted by atomic mass is 9.85. The molecule has 0 aromatic heterocycles. The molecule has 2 unspecified atom stereocenters. The fourth-order valence-electron chi connectivity index (χ4n) is 2.71. The summed E-state index contributed by atoms with van der Waals surface area (Å²) in [6.07, 6.45) is 4.68. The van der Waals surface area contributed by atoms with Crippen LogP contribution in [-0.4, -0.2) is 23.7 Å². The van der Waals surface area contributed by atoms with Crippen LogP contribution in [0.1, 0.15) is 31.2 Å². The zero-order chi connectivity index (χ0) is 13.7. The topological polar surface area (TPSA) is 49.3 Å². The number of benzene rings is 1. The minimum Gasteiger partial charge on any atom is -0.396 e. The molecule has 0 saturated heterocycles. The van der Waals surface area contributed by atoms with E-state index in [2.05, 4.69) is 21.2 Å². The average Bonchev–Trinajstić information content (AvgIpc) is 2.39. The third-order valence-electron chi connectivity index (χ3n) is 3.74. The van der Waals surface area contributed by atoms with Gasteiger partial charge in [-0.3, -0.25) is 4.79 Å². The highest BCUT2D eigenvalue weighted by Gasteiger charge is 2.25. The van der Waals surface area contributed by atoms with Crippen molar-refractivity contribution in [2.24, 2.45) is 5.92 Å². The number of rotatable bonds is 4. The molecule has 104 valence electrons. The number of aliphatic hydroxyl groups is 1. The van der Waals surface area contributed by atoms with Gasteiger partial charge in [-0.25, -0.2) is 0 Å². The predicted molar refractivity (Wildman–Crippen MR) is 78.8 cm³/mol.